The van der Waals surface area contributed by atoms with Crippen LogP contribution in [0.15, 0.2) is 30.5 Å². The van der Waals surface area contributed by atoms with E-state index in [1.54, 1.807) is 12.3 Å². The van der Waals surface area contributed by atoms with Crippen molar-refractivity contribution in [1.82, 2.24) is 4.98 Å². The fraction of sp³-hybridized carbons (Fsp3) is 0.458. The lowest BCUT2D eigenvalue weighted by molar-refractivity contribution is -0.125. The highest BCUT2D eigenvalue weighted by molar-refractivity contribution is 6.22. The fourth-order valence-corrected chi connectivity index (χ4v) is 4.67. The molecule has 1 atom stereocenters. The van der Waals surface area contributed by atoms with Crippen LogP contribution >= 0.6 is 0 Å². The summed E-state index contributed by atoms with van der Waals surface area (Å²) in [5.41, 5.74) is 2.98. The predicted molar refractivity (Wildman–Crippen MR) is 111 cm³/mol. The molecule has 30 heavy (non-hydrogen) atoms. The van der Waals surface area contributed by atoms with Crippen LogP contribution in [0.2, 0.25) is 0 Å². The molecule has 1 aliphatic carbocycles. The van der Waals surface area contributed by atoms with Gasteiger partial charge < -0.3 is 9.47 Å². The zero-order valence-electron chi connectivity index (χ0n) is 17.7. The maximum Gasteiger partial charge on any atom is 0.240 e. The van der Waals surface area contributed by atoms with Crippen molar-refractivity contribution in [3.63, 3.8) is 0 Å². The molecule has 2 amide bonds. The zero-order chi connectivity index (χ0) is 21.1. The lowest BCUT2D eigenvalue weighted by atomic mass is 9.75. The summed E-state index contributed by atoms with van der Waals surface area (Å²) in [6.45, 7) is 6.32. The highest BCUT2D eigenvalue weighted by Gasteiger charge is 2.48. The van der Waals surface area contributed by atoms with Crippen molar-refractivity contribution >= 4 is 17.5 Å². The second kappa shape index (κ2) is 6.64. The molecule has 1 saturated heterocycles. The number of amides is 2. The number of hydrogen-bond acceptors (Lipinski definition) is 5. The predicted octanol–water partition coefficient (Wildman–Crippen LogP) is 4.77. The van der Waals surface area contributed by atoms with Gasteiger partial charge in [0.15, 0.2) is 0 Å². The first-order valence-corrected chi connectivity index (χ1v) is 10.6. The number of aryl methyl sites for hydroxylation is 1. The first kappa shape index (κ1) is 19.2. The molecule has 156 valence electrons. The summed E-state index contributed by atoms with van der Waals surface area (Å²) in [6.07, 6.45) is 5.72. The van der Waals surface area contributed by atoms with Gasteiger partial charge in [-0.15, -0.1) is 0 Å². The van der Waals surface area contributed by atoms with Crippen LogP contribution in [-0.4, -0.2) is 16.8 Å². The minimum Gasteiger partial charge on any atom is -0.439 e. The SMILES string of the molecule is CC[C@@]1(C)CC(=O)N(c2cnc(Oc3ccc4c(c3)C3(CCC3)OC4)c(C)c2)C1=O. The first-order chi connectivity index (χ1) is 14.3. The van der Waals surface area contributed by atoms with Gasteiger partial charge in [-0.25, -0.2) is 9.88 Å². The van der Waals surface area contributed by atoms with E-state index in [9.17, 15) is 9.59 Å². The van der Waals surface area contributed by atoms with Crippen molar-refractivity contribution in [3.05, 3.63) is 47.2 Å². The number of imide groups is 1. The fourth-order valence-electron chi connectivity index (χ4n) is 4.67. The molecule has 0 N–H and O–H groups in total. The van der Waals surface area contributed by atoms with Crippen molar-refractivity contribution in [3.8, 4) is 11.6 Å². The quantitative estimate of drug-likeness (QED) is 0.684. The minimum atomic E-state index is -0.635. The Morgan fingerprint density at radius 3 is 2.67 bits per heavy atom. The van der Waals surface area contributed by atoms with Crippen molar-refractivity contribution in [1.29, 1.82) is 0 Å². The molecule has 1 aromatic carbocycles. The van der Waals surface area contributed by atoms with Crippen LogP contribution in [0.25, 0.3) is 0 Å². The molecule has 1 spiro atoms. The average Bonchev–Trinajstić information content (AvgIpc) is 3.19. The Morgan fingerprint density at radius 2 is 2.03 bits per heavy atom. The molecule has 0 unspecified atom stereocenters. The van der Waals surface area contributed by atoms with Crippen LogP contribution in [0.3, 0.4) is 0 Å². The number of anilines is 1. The largest absolute Gasteiger partial charge is 0.439 e. The van der Waals surface area contributed by atoms with E-state index in [-0.39, 0.29) is 23.8 Å². The molecule has 2 aromatic rings. The van der Waals surface area contributed by atoms with Gasteiger partial charge in [0.1, 0.15) is 5.75 Å². The second-order valence-electron chi connectivity index (χ2n) is 9.00. The molecule has 2 aliphatic heterocycles. The summed E-state index contributed by atoms with van der Waals surface area (Å²) in [6, 6.07) is 7.86. The highest BCUT2D eigenvalue weighted by Crippen LogP contribution is 2.51. The monoisotopic (exact) mass is 406 g/mol. The summed E-state index contributed by atoms with van der Waals surface area (Å²) in [4.78, 5) is 31.0. The van der Waals surface area contributed by atoms with E-state index in [2.05, 4.69) is 17.1 Å². The van der Waals surface area contributed by atoms with Gasteiger partial charge in [-0.3, -0.25) is 9.59 Å². The van der Waals surface area contributed by atoms with Crippen molar-refractivity contribution in [2.45, 2.75) is 65.1 Å². The second-order valence-corrected chi connectivity index (χ2v) is 9.00. The van der Waals surface area contributed by atoms with Crippen LogP contribution in [-0.2, 0) is 26.5 Å². The van der Waals surface area contributed by atoms with Crippen LogP contribution < -0.4 is 9.64 Å². The van der Waals surface area contributed by atoms with Gasteiger partial charge >= 0.3 is 0 Å². The lowest BCUT2D eigenvalue weighted by Crippen LogP contribution is -2.34. The first-order valence-electron chi connectivity index (χ1n) is 10.6. The van der Waals surface area contributed by atoms with Gasteiger partial charge in [0.2, 0.25) is 17.7 Å². The summed E-state index contributed by atoms with van der Waals surface area (Å²) in [5.74, 6) is 0.858. The van der Waals surface area contributed by atoms with E-state index in [0.29, 0.717) is 24.6 Å². The van der Waals surface area contributed by atoms with E-state index >= 15 is 0 Å². The van der Waals surface area contributed by atoms with Gasteiger partial charge in [-0.1, -0.05) is 19.9 Å². The molecule has 6 heteroatoms. The number of carbonyl (C=O) groups excluding carboxylic acids is 2. The Balaban J connectivity index is 1.40. The Hall–Kier alpha value is -2.73. The number of benzene rings is 1. The maximum atomic E-state index is 12.8. The number of aromatic nitrogens is 1. The topological polar surface area (TPSA) is 68.7 Å². The normalized spacial score (nSPS) is 24.3. The zero-order valence-corrected chi connectivity index (χ0v) is 17.7. The molecule has 1 aromatic heterocycles. The molecule has 6 nitrogen and oxygen atoms in total. The summed E-state index contributed by atoms with van der Waals surface area (Å²) in [5, 5.41) is 0. The molecule has 0 bridgehead atoms. The summed E-state index contributed by atoms with van der Waals surface area (Å²) >= 11 is 0. The molecule has 0 radical (unpaired) electrons. The van der Waals surface area contributed by atoms with Crippen molar-refractivity contribution in [2.24, 2.45) is 5.41 Å². The van der Waals surface area contributed by atoms with E-state index < -0.39 is 5.41 Å². The number of rotatable bonds is 4. The molecule has 3 heterocycles. The van der Waals surface area contributed by atoms with Gasteiger partial charge in [0, 0.05) is 12.0 Å². The molecular formula is C24H26N2O4. The average molecular weight is 406 g/mol. The van der Waals surface area contributed by atoms with Crippen LogP contribution in [0.1, 0.15) is 62.6 Å². The number of hydrogen-bond donors (Lipinski definition) is 0. The third-order valence-electron chi connectivity index (χ3n) is 7.02. The number of pyridine rings is 1. The van der Waals surface area contributed by atoms with Crippen molar-refractivity contribution in [2.75, 3.05) is 4.90 Å². The van der Waals surface area contributed by atoms with E-state index in [4.69, 9.17) is 9.47 Å². The Morgan fingerprint density at radius 1 is 1.23 bits per heavy atom. The van der Waals surface area contributed by atoms with E-state index in [0.717, 1.165) is 24.2 Å². The third-order valence-corrected chi connectivity index (χ3v) is 7.02. The third kappa shape index (κ3) is 2.77. The number of nitrogens with zero attached hydrogens (tertiary/aromatic N) is 2. The summed E-state index contributed by atoms with van der Waals surface area (Å²) < 4.78 is 12.1. The van der Waals surface area contributed by atoms with Crippen LogP contribution in [0, 0.1) is 12.3 Å². The number of ether oxygens (including phenoxy) is 2. The summed E-state index contributed by atoms with van der Waals surface area (Å²) in [7, 11) is 0. The van der Waals surface area contributed by atoms with Gasteiger partial charge in [-0.2, -0.15) is 0 Å². The molecule has 5 rings (SSSR count). The van der Waals surface area contributed by atoms with Gasteiger partial charge in [-0.05, 0) is 61.9 Å². The Labute approximate surface area is 176 Å². The Kier molecular flexibility index (Phi) is 4.26. The number of carbonyl (C=O) groups is 2. The van der Waals surface area contributed by atoms with Gasteiger partial charge in [0.25, 0.3) is 0 Å². The van der Waals surface area contributed by atoms with Crippen LogP contribution in [0.4, 0.5) is 5.69 Å². The molecule has 2 fully saturated rings. The molecular weight excluding hydrogens is 380 g/mol. The van der Waals surface area contributed by atoms with Gasteiger partial charge in [0.05, 0.1) is 29.5 Å². The highest BCUT2D eigenvalue weighted by atomic mass is 16.5. The van der Waals surface area contributed by atoms with E-state index in [1.807, 2.05) is 26.8 Å². The Bertz CT molecular complexity index is 1060. The lowest BCUT2D eigenvalue weighted by Gasteiger charge is -2.38. The van der Waals surface area contributed by atoms with E-state index in [1.165, 1.54) is 22.4 Å². The van der Waals surface area contributed by atoms with Crippen molar-refractivity contribution < 1.29 is 19.1 Å². The minimum absolute atomic E-state index is 0.122. The number of fused-ring (bicyclic) bond motifs is 2. The van der Waals surface area contributed by atoms with Crippen LogP contribution in [0.5, 0.6) is 11.6 Å². The maximum absolute atomic E-state index is 12.8. The standard InChI is InChI=1S/C24H26N2O4/c1-4-23(3)12-20(27)26(22(23)28)17-10-15(2)21(25-13-17)30-18-7-6-16-14-29-24(8-5-9-24)19(16)11-18/h6-7,10-11,13H,4-5,8-9,12,14H2,1-3H3/t23-/m0/s1. The molecule has 1 saturated carbocycles. The smallest absolute Gasteiger partial charge is 0.240 e. The molecule has 3 aliphatic rings.